The summed E-state index contributed by atoms with van der Waals surface area (Å²) in [5.74, 6) is -1.10. The molecule has 0 saturated carbocycles. The average Bonchev–Trinajstić information content (AvgIpc) is 2.85. The Morgan fingerprint density at radius 2 is 2.25 bits per heavy atom. The van der Waals surface area contributed by atoms with E-state index in [4.69, 9.17) is 9.84 Å². The number of hydrogen-bond acceptors (Lipinski definition) is 3. The molecule has 1 aliphatic heterocycles. The Balaban J connectivity index is 2.15. The van der Waals surface area contributed by atoms with Crippen LogP contribution < -0.4 is 0 Å². The highest BCUT2D eigenvalue weighted by Crippen LogP contribution is 2.25. The van der Waals surface area contributed by atoms with Gasteiger partial charge in [0, 0.05) is 26.4 Å². The van der Waals surface area contributed by atoms with Crippen molar-refractivity contribution in [3.8, 4) is 0 Å². The zero-order valence-corrected chi connectivity index (χ0v) is 11.8. The summed E-state index contributed by atoms with van der Waals surface area (Å²) in [7, 11) is 1.65. The first-order valence-electron chi connectivity index (χ1n) is 6.66. The molecule has 0 radical (unpaired) electrons. The molecule has 2 rings (SSSR count). The van der Waals surface area contributed by atoms with Gasteiger partial charge in [0.15, 0.2) is 0 Å². The molecule has 0 aromatic carbocycles. The van der Waals surface area contributed by atoms with E-state index in [1.807, 2.05) is 6.92 Å². The van der Waals surface area contributed by atoms with Gasteiger partial charge in [0.2, 0.25) is 0 Å². The SMILES string of the molecule is COC1(C)CCCN(C(=O)c2cccn2CC(=O)O)C1. The fraction of sp³-hybridized carbons (Fsp3) is 0.571. The molecule has 1 unspecified atom stereocenters. The van der Waals surface area contributed by atoms with Crippen molar-refractivity contribution in [2.45, 2.75) is 31.9 Å². The van der Waals surface area contributed by atoms with E-state index in [1.165, 1.54) is 4.57 Å². The van der Waals surface area contributed by atoms with Gasteiger partial charge in [-0.2, -0.15) is 0 Å². The molecule has 6 nitrogen and oxygen atoms in total. The largest absolute Gasteiger partial charge is 0.480 e. The van der Waals surface area contributed by atoms with E-state index in [0.717, 1.165) is 12.8 Å². The third-order valence-corrected chi connectivity index (χ3v) is 3.79. The van der Waals surface area contributed by atoms with Gasteiger partial charge in [-0.3, -0.25) is 9.59 Å². The Morgan fingerprint density at radius 1 is 1.50 bits per heavy atom. The minimum Gasteiger partial charge on any atom is -0.480 e. The molecule has 1 amide bonds. The number of carboxylic acid groups (broad SMARTS) is 1. The standard InChI is InChI=1S/C14H20N2O4/c1-14(20-2)6-4-8-16(10-14)13(19)11-5-3-7-15(11)9-12(17)18/h3,5,7H,4,6,8-10H2,1-2H3,(H,17,18). The van der Waals surface area contributed by atoms with Gasteiger partial charge in [0.1, 0.15) is 12.2 Å². The molecule has 1 aromatic rings. The summed E-state index contributed by atoms with van der Waals surface area (Å²) in [5, 5.41) is 8.86. The normalized spacial score (nSPS) is 22.8. The first-order chi connectivity index (χ1) is 9.45. The van der Waals surface area contributed by atoms with Crippen LogP contribution in [0.15, 0.2) is 18.3 Å². The molecule has 20 heavy (non-hydrogen) atoms. The molecule has 0 bridgehead atoms. The number of rotatable bonds is 4. The number of methoxy groups -OCH3 is 1. The van der Waals surface area contributed by atoms with Crippen molar-refractivity contribution < 1.29 is 19.4 Å². The van der Waals surface area contributed by atoms with Crippen molar-refractivity contribution >= 4 is 11.9 Å². The maximum Gasteiger partial charge on any atom is 0.323 e. The molecule has 1 fully saturated rings. The van der Waals surface area contributed by atoms with E-state index >= 15 is 0 Å². The predicted octanol–water partition coefficient (Wildman–Crippen LogP) is 1.21. The first-order valence-corrected chi connectivity index (χ1v) is 6.66. The molecular weight excluding hydrogens is 260 g/mol. The lowest BCUT2D eigenvalue weighted by Gasteiger charge is -2.39. The summed E-state index contributed by atoms with van der Waals surface area (Å²) >= 11 is 0. The van der Waals surface area contributed by atoms with E-state index < -0.39 is 5.97 Å². The Morgan fingerprint density at radius 3 is 2.90 bits per heavy atom. The number of carbonyl (C=O) groups excluding carboxylic acids is 1. The number of aromatic nitrogens is 1. The number of amides is 1. The van der Waals surface area contributed by atoms with Crippen LogP contribution in [0.25, 0.3) is 0 Å². The summed E-state index contributed by atoms with van der Waals surface area (Å²) in [6.45, 7) is 2.99. The second kappa shape index (κ2) is 5.66. The fourth-order valence-electron chi connectivity index (χ4n) is 2.60. The highest BCUT2D eigenvalue weighted by Gasteiger charge is 2.34. The Kier molecular flexibility index (Phi) is 4.13. The van der Waals surface area contributed by atoms with Gasteiger partial charge < -0.3 is 19.3 Å². The predicted molar refractivity (Wildman–Crippen MR) is 72.6 cm³/mol. The van der Waals surface area contributed by atoms with E-state index in [9.17, 15) is 9.59 Å². The van der Waals surface area contributed by atoms with Crippen LogP contribution in [-0.4, -0.2) is 52.3 Å². The van der Waals surface area contributed by atoms with E-state index in [1.54, 1.807) is 30.3 Å². The van der Waals surface area contributed by atoms with Gasteiger partial charge in [-0.15, -0.1) is 0 Å². The second-order valence-corrected chi connectivity index (χ2v) is 5.40. The molecule has 1 saturated heterocycles. The van der Waals surface area contributed by atoms with Crippen LogP contribution in [0.2, 0.25) is 0 Å². The van der Waals surface area contributed by atoms with Gasteiger partial charge in [0.25, 0.3) is 5.91 Å². The highest BCUT2D eigenvalue weighted by molar-refractivity contribution is 5.93. The highest BCUT2D eigenvalue weighted by atomic mass is 16.5. The molecule has 110 valence electrons. The molecule has 1 aliphatic rings. The zero-order chi connectivity index (χ0) is 14.8. The first kappa shape index (κ1) is 14.6. The van der Waals surface area contributed by atoms with Crippen molar-refractivity contribution in [3.63, 3.8) is 0 Å². The van der Waals surface area contributed by atoms with Crippen LogP contribution in [0, 0.1) is 0 Å². The summed E-state index contributed by atoms with van der Waals surface area (Å²) in [6.07, 6.45) is 3.42. The summed E-state index contributed by atoms with van der Waals surface area (Å²) in [6, 6.07) is 3.35. The monoisotopic (exact) mass is 280 g/mol. The third-order valence-electron chi connectivity index (χ3n) is 3.79. The maximum absolute atomic E-state index is 12.5. The van der Waals surface area contributed by atoms with Gasteiger partial charge in [-0.05, 0) is 31.9 Å². The molecular formula is C14H20N2O4. The Labute approximate surface area is 117 Å². The van der Waals surface area contributed by atoms with Crippen LogP contribution in [-0.2, 0) is 16.1 Å². The molecule has 0 aliphatic carbocycles. The molecule has 1 atom stereocenters. The molecule has 1 N–H and O–H groups in total. The molecule has 1 aromatic heterocycles. The number of nitrogens with zero attached hydrogens (tertiary/aromatic N) is 2. The van der Waals surface area contributed by atoms with Crippen LogP contribution >= 0.6 is 0 Å². The average molecular weight is 280 g/mol. The van der Waals surface area contributed by atoms with Crippen LogP contribution in [0.3, 0.4) is 0 Å². The number of hydrogen-bond donors (Lipinski definition) is 1. The van der Waals surface area contributed by atoms with Crippen molar-refractivity contribution in [1.82, 2.24) is 9.47 Å². The van der Waals surface area contributed by atoms with E-state index in [2.05, 4.69) is 0 Å². The number of likely N-dealkylation sites (tertiary alicyclic amines) is 1. The number of ether oxygens (including phenoxy) is 1. The van der Waals surface area contributed by atoms with Gasteiger partial charge in [-0.25, -0.2) is 0 Å². The van der Waals surface area contributed by atoms with Crippen molar-refractivity contribution in [2.75, 3.05) is 20.2 Å². The third kappa shape index (κ3) is 3.01. The second-order valence-electron chi connectivity index (χ2n) is 5.40. The zero-order valence-electron chi connectivity index (χ0n) is 11.8. The Bertz CT molecular complexity index is 511. The van der Waals surface area contributed by atoms with Crippen LogP contribution in [0.4, 0.5) is 0 Å². The number of piperidine rings is 1. The molecule has 6 heteroatoms. The quantitative estimate of drug-likeness (QED) is 0.900. The molecule has 2 heterocycles. The van der Waals surface area contributed by atoms with Gasteiger partial charge in [-0.1, -0.05) is 0 Å². The molecule has 0 spiro atoms. The maximum atomic E-state index is 12.5. The van der Waals surface area contributed by atoms with Crippen LogP contribution in [0.5, 0.6) is 0 Å². The number of carboxylic acids is 1. The summed E-state index contributed by atoms with van der Waals surface area (Å²) in [5.41, 5.74) is 0.0887. The lowest BCUT2D eigenvalue weighted by atomic mass is 9.94. The number of carbonyl (C=O) groups is 2. The van der Waals surface area contributed by atoms with Crippen LogP contribution in [0.1, 0.15) is 30.3 Å². The Hall–Kier alpha value is -1.82. The van der Waals surface area contributed by atoms with E-state index in [0.29, 0.717) is 18.8 Å². The van der Waals surface area contributed by atoms with Gasteiger partial charge in [0.05, 0.1) is 5.60 Å². The minimum atomic E-state index is -0.962. The lowest BCUT2D eigenvalue weighted by molar-refractivity contribution is -0.137. The van der Waals surface area contributed by atoms with E-state index in [-0.39, 0.29) is 18.1 Å². The smallest absolute Gasteiger partial charge is 0.323 e. The van der Waals surface area contributed by atoms with Gasteiger partial charge >= 0.3 is 5.97 Å². The topological polar surface area (TPSA) is 71.8 Å². The summed E-state index contributed by atoms with van der Waals surface area (Å²) in [4.78, 5) is 25.1. The fourth-order valence-corrected chi connectivity index (χ4v) is 2.60. The number of aliphatic carboxylic acids is 1. The minimum absolute atomic E-state index is 0.140. The van der Waals surface area contributed by atoms with Crippen molar-refractivity contribution in [1.29, 1.82) is 0 Å². The summed E-state index contributed by atoms with van der Waals surface area (Å²) < 4.78 is 6.94. The van der Waals surface area contributed by atoms with Crippen molar-refractivity contribution in [3.05, 3.63) is 24.0 Å². The lowest BCUT2D eigenvalue weighted by Crippen LogP contribution is -2.50. The van der Waals surface area contributed by atoms with Crippen molar-refractivity contribution in [2.24, 2.45) is 0 Å².